The summed E-state index contributed by atoms with van der Waals surface area (Å²) in [6, 6.07) is 0. The molecule has 0 aliphatic carbocycles. The molecule has 0 aliphatic heterocycles. The zero-order valence-corrected chi connectivity index (χ0v) is 6.59. The third-order valence-electron chi connectivity index (χ3n) is 1.61. The monoisotopic (exact) mass is 152 g/mol. The second-order valence-corrected chi connectivity index (χ2v) is 2.39. The van der Waals surface area contributed by atoms with Gasteiger partial charge in [-0.1, -0.05) is 6.58 Å². The predicted octanol–water partition coefficient (Wildman–Crippen LogP) is 0.294. The molecule has 11 heavy (non-hydrogen) atoms. The van der Waals surface area contributed by atoms with Gasteiger partial charge in [-0.3, -0.25) is 0 Å². The highest BCUT2D eigenvalue weighted by molar-refractivity contribution is 4.98. The molecule has 0 bridgehead atoms. The average Bonchev–Trinajstić information content (AvgIpc) is 2.47. The van der Waals surface area contributed by atoms with Gasteiger partial charge in [-0.2, -0.15) is 0 Å². The molecule has 0 radical (unpaired) electrons. The molecule has 3 N–H and O–H groups in total. The second kappa shape index (κ2) is 3.93. The Labute approximate surface area is 66.5 Å². The van der Waals surface area contributed by atoms with Crippen LogP contribution in [0, 0.1) is 0 Å². The highest BCUT2D eigenvalue weighted by Crippen LogP contribution is 1.91. The van der Waals surface area contributed by atoms with Gasteiger partial charge < -0.3 is 5.73 Å². The van der Waals surface area contributed by atoms with Gasteiger partial charge in [0.15, 0.2) is 0 Å². The van der Waals surface area contributed by atoms with Crippen molar-refractivity contribution in [3.8, 4) is 0 Å². The third-order valence-corrected chi connectivity index (χ3v) is 1.61. The van der Waals surface area contributed by atoms with Crippen LogP contribution in [-0.4, -0.2) is 11.5 Å². The number of hydrogen-bond acceptors (Lipinski definition) is 1. The lowest BCUT2D eigenvalue weighted by Gasteiger charge is -1.91. The number of imidazole rings is 1. The molecular formula is C8H14N3+. The number of nitrogens with one attached hydrogen (secondary N) is 1. The summed E-state index contributed by atoms with van der Waals surface area (Å²) in [6.07, 6.45) is 7.61. The fraction of sp³-hybridized carbons (Fsp3) is 0.375. The van der Waals surface area contributed by atoms with Gasteiger partial charge in [0.1, 0.15) is 12.4 Å². The minimum atomic E-state index is 0.732. The summed E-state index contributed by atoms with van der Waals surface area (Å²) in [5.41, 5.74) is 5.39. The van der Waals surface area contributed by atoms with Crippen LogP contribution in [0.2, 0.25) is 0 Å². The summed E-state index contributed by atoms with van der Waals surface area (Å²) in [4.78, 5) is 3.13. The lowest BCUT2D eigenvalue weighted by atomic mass is 10.3. The van der Waals surface area contributed by atoms with Crippen molar-refractivity contribution in [3.05, 3.63) is 24.8 Å². The summed E-state index contributed by atoms with van der Waals surface area (Å²) in [5, 5.41) is 0. The van der Waals surface area contributed by atoms with Crippen LogP contribution in [0.3, 0.4) is 0 Å². The fourth-order valence-corrected chi connectivity index (χ4v) is 1.02. The minimum Gasteiger partial charge on any atom is -0.330 e. The zero-order chi connectivity index (χ0) is 8.10. The van der Waals surface area contributed by atoms with E-state index in [0.717, 1.165) is 25.2 Å². The van der Waals surface area contributed by atoms with E-state index in [9.17, 15) is 0 Å². The molecule has 0 spiro atoms. The lowest BCUT2D eigenvalue weighted by molar-refractivity contribution is -0.575. The highest BCUT2D eigenvalue weighted by Gasteiger charge is 2.05. The van der Waals surface area contributed by atoms with Crippen LogP contribution in [0.25, 0.3) is 6.20 Å². The first-order valence-electron chi connectivity index (χ1n) is 3.78. The van der Waals surface area contributed by atoms with Crippen LogP contribution >= 0.6 is 0 Å². The molecule has 0 amide bonds. The molecule has 60 valence electrons. The topological polar surface area (TPSA) is 45.7 Å². The molecule has 0 saturated carbocycles. The first-order valence-corrected chi connectivity index (χ1v) is 3.78. The Morgan fingerprint density at radius 3 is 3.18 bits per heavy atom. The molecule has 1 heterocycles. The summed E-state index contributed by atoms with van der Waals surface area (Å²) in [7, 11) is 0. The largest absolute Gasteiger partial charge is 0.330 e. The Bertz CT molecular complexity index is 227. The minimum absolute atomic E-state index is 0.732. The molecule has 1 aromatic heterocycles. The van der Waals surface area contributed by atoms with Gasteiger partial charge in [-0.25, -0.2) is 9.55 Å². The second-order valence-electron chi connectivity index (χ2n) is 2.39. The van der Waals surface area contributed by atoms with E-state index in [-0.39, 0.29) is 0 Å². The number of nitrogens with two attached hydrogens (primary N) is 1. The van der Waals surface area contributed by atoms with Crippen LogP contribution in [0.15, 0.2) is 19.0 Å². The number of nitrogens with zero attached hydrogens (tertiary/aromatic N) is 1. The lowest BCUT2D eigenvalue weighted by Crippen LogP contribution is -2.28. The van der Waals surface area contributed by atoms with Crippen LogP contribution < -0.4 is 10.3 Å². The van der Waals surface area contributed by atoms with E-state index in [1.54, 1.807) is 6.20 Å². The van der Waals surface area contributed by atoms with Crippen LogP contribution in [0.4, 0.5) is 0 Å². The Balaban J connectivity index is 2.61. The number of rotatable bonds is 4. The number of aromatic nitrogens is 2. The van der Waals surface area contributed by atoms with Gasteiger partial charge in [-0.05, 0) is 13.0 Å². The van der Waals surface area contributed by atoms with Crippen molar-refractivity contribution < 1.29 is 4.57 Å². The van der Waals surface area contributed by atoms with Crippen molar-refractivity contribution in [2.24, 2.45) is 5.73 Å². The number of aryl methyl sites for hydroxylation is 1. The molecule has 1 aromatic rings. The number of aromatic amines is 1. The maximum Gasteiger partial charge on any atom is 0.258 e. The maximum atomic E-state index is 5.39. The van der Waals surface area contributed by atoms with E-state index >= 15 is 0 Å². The van der Waals surface area contributed by atoms with E-state index in [2.05, 4.69) is 11.6 Å². The van der Waals surface area contributed by atoms with Crippen LogP contribution in [0.5, 0.6) is 0 Å². The molecule has 3 heteroatoms. The van der Waals surface area contributed by atoms with Crippen molar-refractivity contribution >= 4 is 6.20 Å². The summed E-state index contributed by atoms with van der Waals surface area (Å²) >= 11 is 0. The van der Waals surface area contributed by atoms with Crippen molar-refractivity contribution in [2.75, 3.05) is 6.54 Å². The first-order chi connectivity index (χ1) is 5.38. The molecule has 0 saturated heterocycles. The van der Waals surface area contributed by atoms with Gasteiger partial charge in [-0.15, -0.1) is 0 Å². The third kappa shape index (κ3) is 1.91. The molecule has 0 fully saturated rings. The normalized spacial score (nSPS) is 9.91. The van der Waals surface area contributed by atoms with Gasteiger partial charge in [0.2, 0.25) is 0 Å². The van der Waals surface area contributed by atoms with Gasteiger partial charge in [0.25, 0.3) is 5.82 Å². The van der Waals surface area contributed by atoms with Crippen molar-refractivity contribution in [3.63, 3.8) is 0 Å². The highest BCUT2D eigenvalue weighted by atomic mass is 15.0. The smallest absolute Gasteiger partial charge is 0.258 e. The van der Waals surface area contributed by atoms with E-state index < -0.39 is 0 Å². The van der Waals surface area contributed by atoms with Gasteiger partial charge in [0, 0.05) is 0 Å². The Morgan fingerprint density at radius 1 is 1.73 bits per heavy atom. The van der Waals surface area contributed by atoms with Crippen molar-refractivity contribution in [1.29, 1.82) is 0 Å². The van der Waals surface area contributed by atoms with E-state index in [4.69, 9.17) is 5.73 Å². The van der Waals surface area contributed by atoms with E-state index in [1.165, 1.54) is 0 Å². The molecule has 0 unspecified atom stereocenters. The van der Waals surface area contributed by atoms with E-state index in [1.807, 2.05) is 17.0 Å². The number of H-pyrrole nitrogens is 1. The number of hydrogen-bond donors (Lipinski definition) is 2. The Morgan fingerprint density at radius 2 is 2.55 bits per heavy atom. The fourth-order valence-electron chi connectivity index (χ4n) is 1.02. The van der Waals surface area contributed by atoms with Crippen molar-refractivity contribution in [2.45, 2.75) is 12.8 Å². The molecule has 1 rings (SSSR count). The molecule has 0 aliphatic rings. The standard InChI is InChI=1S/C8H13N3/c1-2-11-7-6-10-8(11)4-3-5-9/h2,6-7H,1,3-5,9H2/p+1. The quantitative estimate of drug-likeness (QED) is 0.599. The van der Waals surface area contributed by atoms with Gasteiger partial charge in [0.05, 0.1) is 12.6 Å². The zero-order valence-electron chi connectivity index (χ0n) is 6.59. The average molecular weight is 152 g/mol. The summed E-state index contributed by atoms with van der Waals surface area (Å²) < 4.78 is 1.97. The molecule has 0 atom stereocenters. The first kappa shape index (κ1) is 8.01. The molecule has 3 nitrogen and oxygen atoms in total. The Kier molecular flexibility index (Phi) is 2.86. The maximum absolute atomic E-state index is 5.39. The van der Waals surface area contributed by atoms with Crippen LogP contribution in [-0.2, 0) is 6.42 Å². The van der Waals surface area contributed by atoms with E-state index in [0.29, 0.717) is 0 Å². The van der Waals surface area contributed by atoms with Crippen molar-refractivity contribution in [1.82, 2.24) is 4.98 Å². The Hall–Kier alpha value is -1.09. The summed E-state index contributed by atoms with van der Waals surface area (Å²) in [5.74, 6) is 1.16. The van der Waals surface area contributed by atoms with Crippen LogP contribution in [0.1, 0.15) is 12.2 Å². The predicted molar refractivity (Wildman–Crippen MR) is 44.8 cm³/mol. The summed E-state index contributed by atoms with van der Waals surface area (Å²) in [6.45, 7) is 4.42. The molecule has 0 aromatic carbocycles. The van der Waals surface area contributed by atoms with Gasteiger partial charge >= 0.3 is 0 Å². The molecular weight excluding hydrogens is 138 g/mol. The SMILES string of the molecule is C=C[n+]1cc[nH]c1CCCN.